The topological polar surface area (TPSA) is 87.5 Å². The van der Waals surface area contributed by atoms with Crippen LogP contribution in [0.5, 0.6) is 0 Å². The van der Waals surface area contributed by atoms with Gasteiger partial charge in [-0.2, -0.15) is 0 Å². The molecule has 1 heterocycles. The number of unbranched alkanes of at least 4 members (excludes halogenated alkanes) is 1. The number of hydrogen-bond donors (Lipinski definition) is 3. The van der Waals surface area contributed by atoms with Crippen LogP contribution in [0.4, 0.5) is 0 Å². The molecule has 0 spiro atoms. The van der Waals surface area contributed by atoms with Gasteiger partial charge in [-0.05, 0) is 46.6 Å². The largest absolute Gasteiger partial charge is 0.357 e. The number of amides is 1. The van der Waals surface area contributed by atoms with Gasteiger partial charge in [0.15, 0.2) is 5.96 Å². The number of carbonyl (C=O) groups excluding carboxylic acids is 1. The van der Waals surface area contributed by atoms with Gasteiger partial charge in [0.05, 0.1) is 0 Å². The van der Waals surface area contributed by atoms with E-state index >= 15 is 0 Å². The number of aromatic nitrogens is 1. The number of pyridine rings is 1. The molecule has 140 valence electrons. The summed E-state index contributed by atoms with van der Waals surface area (Å²) in [5.74, 6) is 0.525. The van der Waals surface area contributed by atoms with Crippen molar-refractivity contribution in [1.82, 2.24) is 20.5 Å². The second-order valence-corrected chi connectivity index (χ2v) is 6.86. The Morgan fingerprint density at radius 1 is 1.20 bits per heavy atom. The van der Waals surface area contributed by atoms with Gasteiger partial charge in [0.1, 0.15) is 6.54 Å². The Kier molecular flexibility index (Phi) is 8.74. The van der Waals surface area contributed by atoms with E-state index in [1.54, 1.807) is 22.9 Å². The summed E-state index contributed by atoms with van der Waals surface area (Å²) in [7, 11) is 0. The summed E-state index contributed by atoms with van der Waals surface area (Å²) >= 11 is 0. The van der Waals surface area contributed by atoms with Crippen molar-refractivity contribution in [1.29, 1.82) is 0 Å². The Labute approximate surface area is 149 Å². The van der Waals surface area contributed by atoms with Gasteiger partial charge in [0, 0.05) is 37.4 Å². The molecular weight excluding hydrogens is 318 g/mol. The summed E-state index contributed by atoms with van der Waals surface area (Å²) in [6.07, 6.45) is 3.59. The highest BCUT2D eigenvalue weighted by molar-refractivity contribution is 5.85. The highest BCUT2D eigenvalue weighted by Gasteiger charge is 2.13. The minimum Gasteiger partial charge on any atom is -0.357 e. The summed E-state index contributed by atoms with van der Waals surface area (Å²) in [6, 6.07) is 5.17. The van der Waals surface area contributed by atoms with Gasteiger partial charge in [-0.15, -0.1) is 0 Å². The Morgan fingerprint density at radius 2 is 1.96 bits per heavy atom. The zero-order valence-corrected chi connectivity index (χ0v) is 15.8. The Balaban J connectivity index is 2.35. The number of nitrogens with zero attached hydrogens (tertiary/aromatic N) is 2. The van der Waals surface area contributed by atoms with Crippen molar-refractivity contribution in [3.63, 3.8) is 0 Å². The molecule has 0 aliphatic rings. The lowest BCUT2D eigenvalue weighted by atomic mass is 10.1. The third-order valence-corrected chi connectivity index (χ3v) is 3.26. The maximum absolute atomic E-state index is 11.8. The van der Waals surface area contributed by atoms with E-state index in [-0.39, 0.29) is 23.6 Å². The molecule has 7 nitrogen and oxygen atoms in total. The first-order valence-corrected chi connectivity index (χ1v) is 8.80. The molecule has 1 amide bonds. The van der Waals surface area contributed by atoms with Crippen LogP contribution in [0.3, 0.4) is 0 Å². The Bertz CT molecular complexity index is 616. The van der Waals surface area contributed by atoms with Crippen LogP contribution in [0, 0.1) is 0 Å². The monoisotopic (exact) mass is 349 g/mol. The lowest BCUT2D eigenvalue weighted by Crippen LogP contribution is -2.43. The molecular formula is C18H31N5O2. The standard InChI is InChI=1S/C18H31N5O2/c1-5-19-17(21-14-15(24)22-18(2,3)4)20-11-7-9-13-23-12-8-6-10-16(23)25/h6,8,10,12H,5,7,9,11,13-14H2,1-4H3,(H,22,24)(H2,19,20,21). The smallest absolute Gasteiger partial charge is 0.250 e. The van der Waals surface area contributed by atoms with Crippen LogP contribution in [0.25, 0.3) is 0 Å². The zero-order valence-electron chi connectivity index (χ0n) is 15.8. The van der Waals surface area contributed by atoms with Gasteiger partial charge in [0.25, 0.3) is 0 Å². The van der Waals surface area contributed by atoms with Gasteiger partial charge in [-0.25, -0.2) is 4.99 Å². The fraction of sp³-hybridized carbons (Fsp3) is 0.611. The van der Waals surface area contributed by atoms with Crippen LogP contribution in [-0.2, 0) is 11.3 Å². The average Bonchev–Trinajstić information content (AvgIpc) is 2.52. The fourth-order valence-corrected chi connectivity index (χ4v) is 2.21. The van der Waals surface area contributed by atoms with Crippen molar-refractivity contribution in [3.05, 3.63) is 34.7 Å². The van der Waals surface area contributed by atoms with E-state index in [9.17, 15) is 9.59 Å². The molecule has 0 unspecified atom stereocenters. The molecule has 0 aromatic carbocycles. The van der Waals surface area contributed by atoms with Crippen molar-refractivity contribution in [2.75, 3.05) is 19.6 Å². The Morgan fingerprint density at radius 3 is 2.60 bits per heavy atom. The minimum atomic E-state index is -0.256. The number of carbonyl (C=O) groups is 1. The number of rotatable bonds is 8. The summed E-state index contributed by atoms with van der Waals surface area (Å²) < 4.78 is 1.70. The molecule has 25 heavy (non-hydrogen) atoms. The van der Waals surface area contributed by atoms with E-state index in [2.05, 4.69) is 20.9 Å². The van der Waals surface area contributed by atoms with Crippen LogP contribution >= 0.6 is 0 Å². The van der Waals surface area contributed by atoms with Crippen molar-refractivity contribution < 1.29 is 4.79 Å². The maximum Gasteiger partial charge on any atom is 0.250 e. The number of hydrogen-bond acceptors (Lipinski definition) is 3. The molecule has 0 saturated heterocycles. The van der Waals surface area contributed by atoms with Crippen LogP contribution in [0.15, 0.2) is 34.2 Å². The predicted octanol–water partition coefficient (Wildman–Crippen LogP) is 1.10. The summed E-state index contributed by atoms with van der Waals surface area (Å²) in [5, 5.41) is 9.22. The quantitative estimate of drug-likeness (QED) is 0.373. The minimum absolute atomic E-state index is 0.0234. The van der Waals surface area contributed by atoms with Gasteiger partial charge < -0.3 is 20.5 Å². The van der Waals surface area contributed by atoms with Crippen LogP contribution in [-0.4, -0.2) is 41.6 Å². The second-order valence-electron chi connectivity index (χ2n) is 6.86. The van der Waals surface area contributed by atoms with E-state index in [0.29, 0.717) is 12.5 Å². The molecule has 0 fully saturated rings. The van der Waals surface area contributed by atoms with Gasteiger partial charge >= 0.3 is 0 Å². The van der Waals surface area contributed by atoms with Gasteiger partial charge in [-0.3, -0.25) is 9.59 Å². The second kappa shape index (κ2) is 10.5. The third kappa shape index (κ3) is 9.54. The van der Waals surface area contributed by atoms with Crippen molar-refractivity contribution >= 4 is 11.9 Å². The van der Waals surface area contributed by atoms with Crippen LogP contribution in [0.1, 0.15) is 40.5 Å². The highest BCUT2D eigenvalue weighted by atomic mass is 16.2. The van der Waals surface area contributed by atoms with E-state index in [1.165, 1.54) is 0 Å². The van der Waals surface area contributed by atoms with E-state index in [1.807, 2.05) is 33.8 Å². The SMILES string of the molecule is CCNC(=NCC(=O)NC(C)(C)C)NCCCCn1ccccc1=O. The first-order valence-electron chi connectivity index (χ1n) is 8.80. The average molecular weight is 349 g/mol. The first kappa shape index (κ1) is 20.7. The normalized spacial score (nSPS) is 11.9. The summed E-state index contributed by atoms with van der Waals surface area (Å²) in [4.78, 5) is 27.7. The van der Waals surface area contributed by atoms with Gasteiger partial charge in [0.2, 0.25) is 11.5 Å². The summed E-state index contributed by atoms with van der Waals surface area (Å²) in [6.45, 7) is 10.0. The lowest BCUT2D eigenvalue weighted by Gasteiger charge is -2.20. The molecule has 0 saturated carbocycles. The van der Waals surface area contributed by atoms with E-state index in [4.69, 9.17) is 0 Å². The highest BCUT2D eigenvalue weighted by Crippen LogP contribution is 1.97. The van der Waals surface area contributed by atoms with Crippen molar-refractivity contribution in [2.24, 2.45) is 4.99 Å². The van der Waals surface area contributed by atoms with E-state index in [0.717, 1.165) is 25.9 Å². The van der Waals surface area contributed by atoms with Crippen LogP contribution < -0.4 is 21.5 Å². The zero-order chi connectivity index (χ0) is 18.7. The number of nitrogens with one attached hydrogen (secondary N) is 3. The van der Waals surface area contributed by atoms with Crippen LogP contribution in [0.2, 0.25) is 0 Å². The molecule has 0 atom stereocenters. The number of aliphatic imine (C=N–C) groups is 1. The molecule has 1 aromatic rings. The van der Waals surface area contributed by atoms with Gasteiger partial charge in [-0.1, -0.05) is 6.07 Å². The number of guanidine groups is 1. The molecule has 3 N–H and O–H groups in total. The molecule has 1 aromatic heterocycles. The summed E-state index contributed by atoms with van der Waals surface area (Å²) in [5.41, 5.74) is -0.233. The Hall–Kier alpha value is -2.31. The molecule has 0 aliphatic carbocycles. The third-order valence-electron chi connectivity index (χ3n) is 3.26. The molecule has 1 rings (SSSR count). The molecule has 0 radical (unpaired) electrons. The molecule has 7 heteroatoms. The van der Waals surface area contributed by atoms with E-state index < -0.39 is 0 Å². The van der Waals surface area contributed by atoms with Crippen molar-refractivity contribution in [2.45, 2.75) is 52.6 Å². The predicted molar refractivity (Wildman–Crippen MR) is 102 cm³/mol. The maximum atomic E-state index is 11.8. The van der Waals surface area contributed by atoms with Crippen molar-refractivity contribution in [3.8, 4) is 0 Å². The number of aryl methyl sites for hydroxylation is 1. The fourth-order valence-electron chi connectivity index (χ4n) is 2.21. The molecule has 0 bridgehead atoms. The lowest BCUT2D eigenvalue weighted by molar-refractivity contribution is -0.121. The first-order chi connectivity index (χ1) is 11.8. The molecule has 0 aliphatic heterocycles.